The van der Waals surface area contributed by atoms with Crippen LogP contribution in [-0.2, 0) is 11.4 Å². The predicted octanol–water partition coefficient (Wildman–Crippen LogP) is 4.42. The van der Waals surface area contributed by atoms with Crippen molar-refractivity contribution >= 4 is 11.8 Å². The zero-order valence-corrected chi connectivity index (χ0v) is 18.4. The highest BCUT2D eigenvalue weighted by molar-refractivity contribution is 5.97. The molecule has 0 aromatic heterocycles. The van der Waals surface area contributed by atoms with E-state index >= 15 is 0 Å². The highest BCUT2D eigenvalue weighted by Crippen LogP contribution is 2.25. The number of nitrogens with one attached hydrogen (secondary N) is 1. The molecule has 1 aliphatic rings. The molecule has 166 valence electrons. The molecular formula is C25H31FN2O3. The standard InChI is InChI=1S/C25H31FN2O3/c1-17(2)18(3)27-24(29)20-12-14-28(15-13-20)25(30)22-6-4-5-7-23(22)31-16-19-8-10-21(26)11-9-19/h4-11,17-18,20H,12-16H2,1-3H3,(H,27,29). The van der Waals surface area contributed by atoms with Gasteiger partial charge in [0.2, 0.25) is 5.91 Å². The van der Waals surface area contributed by atoms with Crippen LogP contribution in [0.1, 0.15) is 49.5 Å². The molecule has 0 aliphatic carbocycles. The molecule has 2 aromatic rings. The van der Waals surface area contributed by atoms with Crippen LogP contribution in [0, 0.1) is 17.7 Å². The third kappa shape index (κ3) is 6.06. The highest BCUT2D eigenvalue weighted by Gasteiger charge is 2.29. The number of amides is 2. The Morgan fingerprint density at radius 3 is 2.35 bits per heavy atom. The number of likely N-dealkylation sites (tertiary alicyclic amines) is 1. The van der Waals surface area contributed by atoms with Crippen LogP contribution in [0.4, 0.5) is 4.39 Å². The molecule has 5 nitrogen and oxygen atoms in total. The van der Waals surface area contributed by atoms with Gasteiger partial charge >= 0.3 is 0 Å². The van der Waals surface area contributed by atoms with E-state index in [1.165, 1.54) is 12.1 Å². The topological polar surface area (TPSA) is 58.6 Å². The summed E-state index contributed by atoms with van der Waals surface area (Å²) in [5, 5.41) is 3.08. The van der Waals surface area contributed by atoms with E-state index in [0.717, 1.165) is 5.56 Å². The van der Waals surface area contributed by atoms with Gasteiger partial charge in [0.1, 0.15) is 18.2 Å². The Morgan fingerprint density at radius 2 is 1.71 bits per heavy atom. The van der Waals surface area contributed by atoms with Gasteiger partial charge in [-0.15, -0.1) is 0 Å². The van der Waals surface area contributed by atoms with E-state index in [2.05, 4.69) is 19.2 Å². The number of carbonyl (C=O) groups is 2. The van der Waals surface area contributed by atoms with E-state index in [1.54, 1.807) is 29.2 Å². The minimum atomic E-state index is -0.296. The summed E-state index contributed by atoms with van der Waals surface area (Å²) in [6, 6.07) is 13.4. The van der Waals surface area contributed by atoms with Crippen LogP contribution >= 0.6 is 0 Å². The zero-order valence-electron chi connectivity index (χ0n) is 18.4. The van der Waals surface area contributed by atoms with E-state index in [9.17, 15) is 14.0 Å². The lowest BCUT2D eigenvalue weighted by Gasteiger charge is -2.32. The fourth-order valence-corrected chi connectivity index (χ4v) is 3.53. The quantitative estimate of drug-likeness (QED) is 0.713. The molecular weight excluding hydrogens is 395 g/mol. The number of ether oxygens (including phenoxy) is 1. The molecule has 1 unspecified atom stereocenters. The molecule has 31 heavy (non-hydrogen) atoms. The van der Waals surface area contributed by atoms with Crippen molar-refractivity contribution in [2.24, 2.45) is 11.8 Å². The van der Waals surface area contributed by atoms with E-state index in [4.69, 9.17) is 4.74 Å². The van der Waals surface area contributed by atoms with E-state index in [1.807, 2.05) is 19.1 Å². The van der Waals surface area contributed by atoms with Crippen LogP contribution in [0.25, 0.3) is 0 Å². The van der Waals surface area contributed by atoms with Crippen molar-refractivity contribution in [3.05, 3.63) is 65.5 Å². The Morgan fingerprint density at radius 1 is 1.06 bits per heavy atom. The minimum absolute atomic E-state index is 0.0600. The van der Waals surface area contributed by atoms with Crippen molar-refractivity contribution in [2.45, 2.75) is 46.3 Å². The first kappa shape index (κ1) is 22.8. The minimum Gasteiger partial charge on any atom is -0.488 e. The van der Waals surface area contributed by atoms with Gasteiger partial charge in [-0.1, -0.05) is 38.1 Å². The smallest absolute Gasteiger partial charge is 0.257 e. The lowest BCUT2D eigenvalue weighted by atomic mass is 9.94. The van der Waals surface area contributed by atoms with Crippen LogP contribution < -0.4 is 10.1 Å². The molecule has 0 radical (unpaired) electrons. The number of carbonyl (C=O) groups excluding carboxylic acids is 2. The molecule has 6 heteroatoms. The first-order valence-electron chi connectivity index (χ1n) is 10.9. The van der Waals surface area contributed by atoms with Gasteiger partial charge in [-0.05, 0) is 55.5 Å². The Bertz CT molecular complexity index is 890. The van der Waals surface area contributed by atoms with Gasteiger partial charge < -0.3 is 15.0 Å². The van der Waals surface area contributed by atoms with Gasteiger partial charge in [0, 0.05) is 25.0 Å². The summed E-state index contributed by atoms with van der Waals surface area (Å²) >= 11 is 0. The normalized spacial score (nSPS) is 15.6. The molecule has 1 fully saturated rings. The number of hydrogen-bond acceptors (Lipinski definition) is 3. The number of hydrogen-bond donors (Lipinski definition) is 1. The number of para-hydroxylation sites is 1. The maximum absolute atomic E-state index is 13.1. The van der Waals surface area contributed by atoms with Crippen LogP contribution in [0.15, 0.2) is 48.5 Å². The second kappa shape index (κ2) is 10.4. The second-order valence-electron chi connectivity index (χ2n) is 8.52. The third-order valence-corrected chi connectivity index (χ3v) is 5.95. The molecule has 2 aromatic carbocycles. The molecule has 1 N–H and O–H groups in total. The van der Waals surface area contributed by atoms with E-state index in [0.29, 0.717) is 43.2 Å². The van der Waals surface area contributed by atoms with Crippen molar-refractivity contribution in [3.8, 4) is 5.75 Å². The molecule has 1 heterocycles. The van der Waals surface area contributed by atoms with E-state index < -0.39 is 0 Å². The van der Waals surface area contributed by atoms with Crippen LogP contribution in [0.3, 0.4) is 0 Å². The van der Waals surface area contributed by atoms with Gasteiger partial charge in [0.15, 0.2) is 0 Å². The van der Waals surface area contributed by atoms with Crippen molar-refractivity contribution in [1.82, 2.24) is 10.2 Å². The number of benzene rings is 2. The highest BCUT2D eigenvalue weighted by atomic mass is 19.1. The Labute approximate surface area is 183 Å². The molecule has 3 rings (SSSR count). The summed E-state index contributed by atoms with van der Waals surface area (Å²) in [5.74, 6) is 0.519. The van der Waals surface area contributed by atoms with Gasteiger partial charge in [-0.25, -0.2) is 4.39 Å². The van der Waals surface area contributed by atoms with Crippen molar-refractivity contribution in [1.29, 1.82) is 0 Å². The lowest BCUT2D eigenvalue weighted by molar-refractivity contribution is -0.127. The van der Waals surface area contributed by atoms with Crippen molar-refractivity contribution in [2.75, 3.05) is 13.1 Å². The molecule has 0 saturated carbocycles. The summed E-state index contributed by atoms with van der Waals surface area (Å²) in [6.07, 6.45) is 1.31. The third-order valence-electron chi connectivity index (χ3n) is 5.95. The van der Waals surface area contributed by atoms with Crippen LogP contribution in [0.2, 0.25) is 0 Å². The van der Waals surface area contributed by atoms with Crippen LogP contribution in [-0.4, -0.2) is 35.8 Å². The molecule has 1 aliphatic heterocycles. The Balaban J connectivity index is 1.58. The maximum atomic E-state index is 13.1. The summed E-state index contributed by atoms with van der Waals surface area (Å²) in [7, 11) is 0. The molecule has 1 atom stereocenters. The van der Waals surface area contributed by atoms with Gasteiger partial charge in [-0.2, -0.15) is 0 Å². The number of halogens is 1. The summed E-state index contributed by atoms with van der Waals surface area (Å²) < 4.78 is 19.0. The predicted molar refractivity (Wildman–Crippen MR) is 118 cm³/mol. The fraction of sp³-hybridized carbons (Fsp3) is 0.440. The number of nitrogens with zero attached hydrogens (tertiary/aromatic N) is 1. The van der Waals surface area contributed by atoms with Crippen molar-refractivity contribution in [3.63, 3.8) is 0 Å². The number of rotatable bonds is 7. The van der Waals surface area contributed by atoms with Crippen LogP contribution in [0.5, 0.6) is 5.75 Å². The SMILES string of the molecule is CC(C)C(C)NC(=O)C1CCN(C(=O)c2ccccc2OCc2ccc(F)cc2)CC1. The lowest BCUT2D eigenvalue weighted by Crippen LogP contribution is -2.45. The zero-order chi connectivity index (χ0) is 22.4. The average Bonchev–Trinajstić information content (AvgIpc) is 2.78. The molecule has 0 bridgehead atoms. The molecule has 1 saturated heterocycles. The number of piperidine rings is 1. The van der Waals surface area contributed by atoms with Crippen molar-refractivity contribution < 1.29 is 18.7 Å². The first-order chi connectivity index (χ1) is 14.8. The summed E-state index contributed by atoms with van der Waals surface area (Å²) in [5.41, 5.74) is 1.33. The van der Waals surface area contributed by atoms with Gasteiger partial charge in [-0.3, -0.25) is 9.59 Å². The molecule has 0 spiro atoms. The Kier molecular flexibility index (Phi) is 7.66. The second-order valence-corrected chi connectivity index (χ2v) is 8.52. The monoisotopic (exact) mass is 426 g/mol. The Hall–Kier alpha value is -2.89. The van der Waals surface area contributed by atoms with Gasteiger partial charge in [0.25, 0.3) is 5.91 Å². The summed E-state index contributed by atoms with van der Waals surface area (Å²) in [4.78, 5) is 27.4. The van der Waals surface area contributed by atoms with E-state index in [-0.39, 0.29) is 36.2 Å². The maximum Gasteiger partial charge on any atom is 0.257 e. The first-order valence-corrected chi connectivity index (χ1v) is 10.9. The van der Waals surface area contributed by atoms with Gasteiger partial charge in [0.05, 0.1) is 5.56 Å². The fourth-order valence-electron chi connectivity index (χ4n) is 3.53. The molecule has 2 amide bonds. The average molecular weight is 427 g/mol. The largest absolute Gasteiger partial charge is 0.488 e. The summed E-state index contributed by atoms with van der Waals surface area (Å²) in [6.45, 7) is 7.52.